The lowest BCUT2D eigenvalue weighted by molar-refractivity contribution is 0.456. The van der Waals surface area contributed by atoms with Crippen LogP contribution in [0.15, 0.2) is 12.2 Å². The smallest absolute Gasteiger partial charge is 0.0157 e. The van der Waals surface area contributed by atoms with Gasteiger partial charge in [0.2, 0.25) is 0 Å². The minimum absolute atomic E-state index is 0. The first-order valence-electron chi connectivity index (χ1n) is 2.77. The zero-order chi connectivity index (χ0) is 6.41. The summed E-state index contributed by atoms with van der Waals surface area (Å²) in [6.07, 6.45) is 4.01. The quantitative estimate of drug-likeness (QED) is 0.594. The van der Waals surface area contributed by atoms with Gasteiger partial charge in [-0.15, -0.1) is 12.4 Å². The molecule has 0 aliphatic heterocycles. The van der Waals surface area contributed by atoms with Crippen molar-refractivity contribution in [2.75, 3.05) is 27.2 Å². The largest absolute Gasteiger partial charge is 0.327 e. The molecule has 0 radical (unpaired) electrons. The molecule has 0 aromatic heterocycles. The van der Waals surface area contributed by atoms with Gasteiger partial charge in [-0.3, -0.25) is 0 Å². The molecule has 0 atom stereocenters. The molecule has 0 aliphatic rings. The lowest BCUT2D eigenvalue weighted by Gasteiger charge is -2.02. The monoisotopic (exact) mass is 150 g/mol. The topological polar surface area (TPSA) is 29.3 Å². The lowest BCUT2D eigenvalue weighted by atomic mass is 10.5. The molecule has 0 bridgehead atoms. The highest BCUT2D eigenvalue weighted by atomic mass is 35.5. The molecule has 0 heterocycles. The van der Waals surface area contributed by atoms with Gasteiger partial charge in [-0.1, -0.05) is 12.2 Å². The zero-order valence-corrected chi connectivity index (χ0v) is 6.82. The first kappa shape index (κ1) is 11.7. The molecule has 2 nitrogen and oxygen atoms in total. The van der Waals surface area contributed by atoms with Crippen LogP contribution >= 0.6 is 12.4 Å². The predicted octanol–water partition coefficient (Wildman–Crippen LogP) is 0.485. The van der Waals surface area contributed by atoms with E-state index in [1.54, 1.807) is 0 Å². The summed E-state index contributed by atoms with van der Waals surface area (Å²) in [5.41, 5.74) is 5.21. The summed E-state index contributed by atoms with van der Waals surface area (Å²) >= 11 is 0. The van der Waals surface area contributed by atoms with Crippen molar-refractivity contribution in [1.82, 2.24) is 4.90 Å². The predicted molar refractivity (Wildman–Crippen MR) is 44.0 cm³/mol. The Bertz CT molecular complexity index is 71.5. The minimum atomic E-state index is 0. The molecule has 2 N–H and O–H groups in total. The Labute approximate surface area is 63.1 Å². The molecule has 0 amide bonds. The number of halogens is 1. The molecule has 0 aromatic carbocycles. The highest BCUT2D eigenvalue weighted by molar-refractivity contribution is 5.85. The van der Waals surface area contributed by atoms with E-state index in [0.29, 0.717) is 6.54 Å². The van der Waals surface area contributed by atoms with Crippen LogP contribution in [0.2, 0.25) is 0 Å². The lowest BCUT2D eigenvalue weighted by Crippen LogP contribution is -2.10. The summed E-state index contributed by atoms with van der Waals surface area (Å²) in [5, 5.41) is 0. The van der Waals surface area contributed by atoms with E-state index in [1.807, 2.05) is 20.2 Å². The van der Waals surface area contributed by atoms with Crippen molar-refractivity contribution in [2.45, 2.75) is 0 Å². The normalized spacial score (nSPS) is 10.2. The summed E-state index contributed by atoms with van der Waals surface area (Å²) in [5.74, 6) is 0. The number of rotatable bonds is 3. The standard InChI is InChI=1S/C6H14N2.ClH/c1-8(2)6-4-3-5-7;/h3-4H,5-7H2,1-2H3;1H. The summed E-state index contributed by atoms with van der Waals surface area (Å²) in [6.45, 7) is 1.63. The highest BCUT2D eigenvalue weighted by Gasteiger charge is 1.78. The Morgan fingerprint density at radius 3 is 2.22 bits per heavy atom. The van der Waals surface area contributed by atoms with Gasteiger partial charge < -0.3 is 10.6 Å². The van der Waals surface area contributed by atoms with E-state index in [4.69, 9.17) is 5.73 Å². The van der Waals surface area contributed by atoms with Crippen molar-refractivity contribution in [3.8, 4) is 0 Å². The molecule has 0 aromatic rings. The van der Waals surface area contributed by atoms with Gasteiger partial charge in [0.05, 0.1) is 0 Å². The van der Waals surface area contributed by atoms with Crippen LogP contribution < -0.4 is 5.73 Å². The average molecular weight is 151 g/mol. The molecular weight excluding hydrogens is 136 g/mol. The fourth-order valence-electron chi connectivity index (χ4n) is 0.382. The summed E-state index contributed by atoms with van der Waals surface area (Å²) in [6, 6.07) is 0. The number of nitrogens with zero attached hydrogens (tertiary/aromatic N) is 1. The second-order valence-corrected chi connectivity index (χ2v) is 1.97. The fourth-order valence-corrected chi connectivity index (χ4v) is 0.382. The Kier molecular flexibility index (Phi) is 10.3. The molecule has 0 saturated carbocycles. The second-order valence-electron chi connectivity index (χ2n) is 1.97. The van der Waals surface area contributed by atoms with E-state index in [2.05, 4.69) is 11.0 Å². The third-order valence-electron chi connectivity index (χ3n) is 0.773. The maximum atomic E-state index is 5.21. The molecule has 56 valence electrons. The number of hydrogen-bond donors (Lipinski definition) is 1. The Hall–Kier alpha value is -0.0500. The zero-order valence-electron chi connectivity index (χ0n) is 6.00. The van der Waals surface area contributed by atoms with Gasteiger partial charge in [0.1, 0.15) is 0 Å². The molecule has 0 fully saturated rings. The molecule has 3 heteroatoms. The van der Waals surface area contributed by atoms with Crippen LogP contribution in [0.25, 0.3) is 0 Å². The molecule has 9 heavy (non-hydrogen) atoms. The van der Waals surface area contributed by atoms with Crippen LogP contribution in [0.3, 0.4) is 0 Å². The molecule has 0 unspecified atom stereocenters. The number of likely N-dealkylation sites (N-methyl/N-ethyl adjacent to an activating group) is 1. The summed E-state index contributed by atoms with van der Waals surface area (Å²) in [4.78, 5) is 2.09. The summed E-state index contributed by atoms with van der Waals surface area (Å²) in [7, 11) is 4.06. The van der Waals surface area contributed by atoms with Crippen molar-refractivity contribution < 1.29 is 0 Å². The maximum Gasteiger partial charge on any atom is 0.0157 e. The van der Waals surface area contributed by atoms with E-state index < -0.39 is 0 Å². The van der Waals surface area contributed by atoms with Crippen molar-refractivity contribution in [1.29, 1.82) is 0 Å². The van der Waals surface area contributed by atoms with Gasteiger partial charge in [-0.2, -0.15) is 0 Å². The average Bonchev–Trinajstić information content (AvgIpc) is 1.66. The van der Waals surface area contributed by atoms with Gasteiger partial charge in [0.25, 0.3) is 0 Å². The van der Waals surface area contributed by atoms with Crippen LogP contribution in [0.1, 0.15) is 0 Å². The van der Waals surface area contributed by atoms with Crippen LogP contribution in [0.4, 0.5) is 0 Å². The van der Waals surface area contributed by atoms with E-state index in [9.17, 15) is 0 Å². The summed E-state index contributed by atoms with van der Waals surface area (Å²) < 4.78 is 0. The molecule has 0 aliphatic carbocycles. The molecule has 0 spiro atoms. The van der Waals surface area contributed by atoms with Crippen LogP contribution in [0, 0.1) is 0 Å². The number of hydrogen-bond acceptors (Lipinski definition) is 2. The van der Waals surface area contributed by atoms with E-state index >= 15 is 0 Å². The van der Waals surface area contributed by atoms with Gasteiger partial charge in [-0.25, -0.2) is 0 Å². The van der Waals surface area contributed by atoms with Crippen LogP contribution in [-0.2, 0) is 0 Å². The van der Waals surface area contributed by atoms with Crippen LogP contribution in [0.5, 0.6) is 0 Å². The van der Waals surface area contributed by atoms with Crippen molar-refractivity contribution >= 4 is 12.4 Å². The third-order valence-corrected chi connectivity index (χ3v) is 0.773. The van der Waals surface area contributed by atoms with Gasteiger partial charge in [-0.05, 0) is 14.1 Å². The van der Waals surface area contributed by atoms with E-state index in [1.165, 1.54) is 0 Å². The minimum Gasteiger partial charge on any atom is -0.327 e. The van der Waals surface area contributed by atoms with Crippen molar-refractivity contribution in [3.63, 3.8) is 0 Å². The van der Waals surface area contributed by atoms with E-state index in [-0.39, 0.29) is 12.4 Å². The third kappa shape index (κ3) is 11.5. The Morgan fingerprint density at radius 2 is 1.89 bits per heavy atom. The van der Waals surface area contributed by atoms with Gasteiger partial charge >= 0.3 is 0 Å². The fraction of sp³-hybridized carbons (Fsp3) is 0.667. The van der Waals surface area contributed by atoms with Crippen LogP contribution in [-0.4, -0.2) is 32.1 Å². The molecule has 0 rings (SSSR count). The first-order valence-corrected chi connectivity index (χ1v) is 2.77. The van der Waals surface area contributed by atoms with Gasteiger partial charge in [0.15, 0.2) is 0 Å². The van der Waals surface area contributed by atoms with Gasteiger partial charge in [0, 0.05) is 13.1 Å². The SMILES string of the molecule is CN(C)CC=CCN.Cl. The van der Waals surface area contributed by atoms with E-state index in [0.717, 1.165) is 6.54 Å². The Morgan fingerprint density at radius 1 is 1.33 bits per heavy atom. The number of nitrogens with two attached hydrogens (primary N) is 1. The second kappa shape index (κ2) is 7.95. The van der Waals surface area contributed by atoms with Crippen molar-refractivity contribution in [3.05, 3.63) is 12.2 Å². The first-order chi connectivity index (χ1) is 3.77. The highest BCUT2D eigenvalue weighted by Crippen LogP contribution is 1.74. The maximum absolute atomic E-state index is 5.21. The Balaban J connectivity index is 0. The molecular formula is C6H15ClN2. The van der Waals surface area contributed by atoms with Crippen molar-refractivity contribution in [2.24, 2.45) is 5.73 Å². The molecule has 0 saturated heterocycles.